The van der Waals surface area contributed by atoms with Crippen molar-refractivity contribution in [3.63, 3.8) is 0 Å². The summed E-state index contributed by atoms with van der Waals surface area (Å²) in [4.78, 5) is 12.1. The third kappa shape index (κ3) is 2.32. The SMILES string of the molecule is CC1(C(=O)Nc2ccc(F)c(F)c2F)CCCC1N. The van der Waals surface area contributed by atoms with Crippen LogP contribution < -0.4 is 11.1 Å². The molecule has 0 aromatic heterocycles. The zero-order valence-electron chi connectivity index (χ0n) is 10.5. The van der Waals surface area contributed by atoms with Crippen LogP contribution in [0.1, 0.15) is 26.2 Å². The van der Waals surface area contributed by atoms with Gasteiger partial charge in [0.2, 0.25) is 5.91 Å². The molecule has 1 amide bonds. The standard InChI is InChI=1S/C13H15F3N2O/c1-13(6-2-3-9(13)17)12(19)18-8-5-4-7(14)10(15)11(8)16/h4-5,9H,2-3,6,17H2,1H3,(H,18,19). The fourth-order valence-corrected chi connectivity index (χ4v) is 2.36. The molecule has 1 aliphatic rings. The Hall–Kier alpha value is -1.56. The number of nitrogens with two attached hydrogens (primary N) is 1. The number of anilines is 1. The molecule has 1 aromatic carbocycles. The third-order valence-corrected chi connectivity index (χ3v) is 3.83. The normalized spacial score (nSPS) is 26.5. The van der Waals surface area contributed by atoms with Gasteiger partial charge in [-0.1, -0.05) is 6.42 Å². The van der Waals surface area contributed by atoms with Crippen LogP contribution in [0, 0.1) is 22.9 Å². The van der Waals surface area contributed by atoms with Gasteiger partial charge in [0, 0.05) is 6.04 Å². The number of nitrogens with one attached hydrogen (secondary N) is 1. The zero-order valence-corrected chi connectivity index (χ0v) is 10.5. The number of carbonyl (C=O) groups is 1. The van der Waals surface area contributed by atoms with Gasteiger partial charge in [0.15, 0.2) is 17.5 Å². The van der Waals surface area contributed by atoms with E-state index in [0.29, 0.717) is 12.8 Å². The van der Waals surface area contributed by atoms with Crippen LogP contribution in [0.5, 0.6) is 0 Å². The second-order valence-corrected chi connectivity index (χ2v) is 5.09. The Labute approximate surface area is 109 Å². The molecule has 1 aromatic rings. The van der Waals surface area contributed by atoms with Crippen LogP contribution >= 0.6 is 0 Å². The van der Waals surface area contributed by atoms with E-state index in [9.17, 15) is 18.0 Å². The average molecular weight is 272 g/mol. The fourth-order valence-electron chi connectivity index (χ4n) is 2.36. The number of halogens is 3. The largest absolute Gasteiger partial charge is 0.327 e. The van der Waals surface area contributed by atoms with Crippen molar-refractivity contribution in [2.45, 2.75) is 32.2 Å². The van der Waals surface area contributed by atoms with Crippen molar-refractivity contribution in [3.05, 3.63) is 29.6 Å². The van der Waals surface area contributed by atoms with Crippen molar-refractivity contribution in [2.75, 3.05) is 5.32 Å². The summed E-state index contributed by atoms with van der Waals surface area (Å²) in [5.41, 5.74) is 4.69. The molecule has 0 aliphatic heterocycles. The summed E-state index contributed by atoms with van der Waals surface area (Å²) in [6, 6.07) is 1.45. The fraction of sp³-hybridized carbons (Fsp3) is 0.462. The summed E-state index contributed by atoms with van der Waals surface area (Å²) in [6.45, 7) is 1.69. The zero-order chi connectivity index (χ0) is 14.2. The molecule has 0 heterocycles. The lowest BCUT2D eigenvalue weighted by Crippen LogP contribution is -2.44. The van der Waals surface area contributed by atoms with E-state index < -0.39 is 28.8 Å². The summed E-state index contributed by atoms with van der Waals surface area (Å²) < 4.78 is 39.3. The van der Waals surface area contributed by atoms with Crippen molar-refractivity contribution in [2.24, 2.45) is 11.1 Å². The molecule has 104 valence electrons. The number of hydrogen-bond donors (Lipinski definition) is 2. The first kappa shape index (κ1) is 13.9. The minimum absolute atomic E-state index is 0.319. The van der Waals surface area contributed by atoms with E-state index in [-0.39, 0.29) is 11.7 Å². The number of rotatable bonds is 2. The number of hydrogen-bond acceptors (Lipinski definition) is 2. The number of benzene rings is 1. The monoisotopic (exact) mass is 272 g/mol. The summed E-state index contributed by atoms with van der Waals surface area (Å²) >= 11 is 0. The van der Waals surface area contributed by atoms with Crippen LogP contribution in [-0.2, 0) is 4.79 Å². The van der Waals surface area contributed by atoms with Gasteiger partial charge in [0.1, 0.15) is 0 Å². The highest BCUT2D eigenvalue weighted by atomic mass is 19.2. The molecule has 0 saturated heterocycles. The van der Waals surface area contributed by atoms with Crippen molar-refractivity contribution in [1.82, 2.24) is 0 Å². The molecule has 0 spiro atoms. The van der Waals surface area contributed by atoms with Gasteiger partial charge >= 0.3 is 0 Å². The first-order valence-corrected chi connectivity index (χ1v) is 6.07. The Bertz CT molecular complexity index is 521. The van der Waals surface area contributed by atoms with E-state index in [1.54, 1.807) is 6.92 Å². The smallest absolute Gasteiger partial charge is 0.231 e. The Morgan fingerprint density at radius 2 is 2.05 bits per heavy atom. The van der Waals surface area contributed by atoms with E-state index >= 15 is 0 Å². The molecule has 0 bridgehead atoms. The second-order valence-electron chi connectivity index (χ2n) is 5.09. The molecule has 1 fully saturated rings. The lowest BCUT2D eigenvalue weighted by atomic mass is 9.84. The van der Waals surface area contributed by atoms with Gasteiger partial charge in [-0.2, -0.15) is 0 Å². The van der Waals surface area contributed by atoms with Crippen molar-refractivity contribution in [3.8, 4) is 0 Å². The number of amides is 1. The molecule has 0 radical (unpaired) electrons. The summed E-state index contributed by atoms with van der Waals surface area (Å²) in [5.74, 6) is -4.76. The van der Waals surface area contributed by atoms with Crippen molar-refractivity contribution < 1.29 is 18.0 Å². The van der Waals surface area contributed by atoms with Crippen LogP contribution in [0.25, 0.3) is 0 Å². The highest BCUT2D eigenvalue weighted by Gasteiger charge is 2.43. The highest BCUT2D eigenvalue weighted by molar-refractivity contribution is 5.96. The van der Waals surface area contributed by atoms with Gasteiger partial charge in [0.25, 0.3) is 0 Å². The van der Waals surface area contributed by atoms with E-state index in [1.165, 1.54) is 0 Å². The molecule has 1 saturated carbocycles. The second kappa shape index (κ2) is 4.85. The van der Waals surface area contributed by atoms with Gasteiger partial charge in [-0.05, 0) is 31.9 Å². The molecule has 2 rings (SSSR count). The third-order valence-electron chi connectivity index (χ3n) is 3.83. The average Bonchev–Trinajstić information content (AvgIpc) is 2.72. The Kier molecular flexibility index (Phi) is 3.54. The van der Waals surface area contributed by atoms with Crippen LogP contribution in [0.15, 0.2) is 12.1 Å². The van der Waals surface area contributed by atoms with Gasteiger partial charge < -0.3 is 11.1 Å². The lowest BCUT2D eigenvalue weighted by molar-refractivity contribution is -0.125. The molecule has 1 aliphatic carbocycles. The number of carbonyl (C=O) groups excluding carboxylic acids is 1. The van der Waals surface area contributed by atoms with Crippen molar-refractivity contribution >= 4 is 11.6 Å². The predicted molar refractivity (Wildman–Crippen MR) is 64.9 cm³/mol. The molecule has 19 heavy (non-hydrogen) atoms. The predicted octanol–water partition coefficient (Wildman–Crippen LogP) is 2.56. The summed E-state index contributed by atoms with van der Waals surface area (Å²) in [6.07, 6.45) is 2.11. The maximum absolute atomic E-state index is 13.5. The van der Waals surface area contributed by atoms with Gasteiger partial charge in [-0.3, -0.25) is 4.79 Å². The molecular weight excluding hydrogens is 257 g/mol. The Balaban J connectivity index is 2.22. The van der Waals surface area contributed by atoms with E-state index in [4.69, 9.17) is 5.73 Å². The quantitative estimate of drug-likeness (QED) is 0.813. The maximum Gasteiger partial charge on any atom is 0.231 e. The van der Waals surface area contributed by atoms with E-state index in [2.05, 4.69) is 5.32 Å². The summed E-state index contributed by atoms with van der Waals surface area (Å²) in [5, 5.41) is 2.29. The molecule has 6 heteroatoms. The van der Waals surface area contributed by atoms with Gasteiger partial charge in [-0.25, -0.2) is 13.2 Å². The topological polar surface area (TPSA) is 55.1 Å². The minimum atomic E-state index is -1.60. The van der Waals surface area contributed by atoms with Crippen molar-refractivity contribution in [1.29, 1.82) is 0 Å². The lowest BCUT2D eigenvalue weighted by Gasteiger charge is -2.27. The Morgan fingerprint density at radius 3 is 2.63 bits per heavy atom. The summed E-state index contributed by atoms with van der Waals surface area (Å²) in [7, 11) is 0. The van der Waals surface area contributed by atoms with Gasteiger partial charge in [0.05, 0.1) is 11.1 Å². The van der Waals surface area contributed by atoms with Crippen LogP contribution in [0.2, 0.25) is 0 Å². The van der Waals surface area contributed by atoms with E-state index in [1.807, 2.05) is 0 Å². The first-order valence-electron chi connectivity index (χ1n) is 6.07. The van der Waals surface area contributed by atoms with E-state index in [0.717, 1.165) is 18.6 Å². The first-order chi connectivity index (χ1) is 8.86. The molecule has 2 atom stereocenters. The molecule has 2 unspecified atom stereocenters. The van der Waals surface area contributed by atoms with Crippen LogP contribution in [-0.4, -0.2) is 11.9 Å². The maximum atomic E-state index is 13.5. The molecular formula is C13H15F3N2O. The minimum Gasteiger partial charge on any atom is -0.327 e. The highest BCUT2D eigenvalue weighted by Crippen LogP contribution is 2.38. The molecule has 3 nitrogen and oxygen atoms in total. The van der Waals surface area contributed by atoms with Gasteiger partial charge in [-0.15, -0.1) is 0 Å². The van der Waals surface area contributed by atoms with Crippen LogP contribution in [0.3, 0.4) is 0 Å². The van der Waals surface area contributed by atoms with Crippen LogP contribution in [0.4, 0.5) is 18.9 Å². The molecule has 3 N–H and O–H groups in total. The Morgan fingerprint density at radius 1 is 1.37 bits per heavy atom.